The van der Waals surface area contributed by atoms with Crippen LogP contribution in [0.4, 0.5) is 26.3 Å². The van der Waals surface area contributed by atoms with Crippen molar-refractivity contribution in [3.8, 4) is 0 Å². The maximum atomic E-state index is 13.2. The van der Waals surface area contributed by atoms with E-state index in [1.165, 1.54) is 37.4 Å². The zero-order valence-electron chi connectivity index (χ0n) is 17.0. The Balaban J connectivity index is 1.78. The van der Waals surface area contributed by atoms with Crippen molar-refractivity contribution in [1.82, 2.24) is 0 Å². The van der Waals surface area contributed by atoms with E-state index < -0.39 is 35.2 Å². The quantitative estimate of drug-likeness (QED) is 0.316. The fourth-order valence-electron chi connectivity index (χ4n) is 3.68. The number of alkyl halides is 6. The minimum atomic E-state index is -4.60. The van der Waals surface area contributed by atoms with Crippen LogP contribution in [-0.2, 0) is 21.9 Å². The number of hydrogen-bond donors (Lipinski definition) is 0. The molecule has 1 aliphatic rings. The number of carbonyl (C=O) groups excluding carboxylic acids is 1. The van der Waals surface area contributed by atoms with Crippen molar-refractivity contribution >= 4 is 28.5 Å². The zero-order valence-corrected chi connectivity index (χ0v) is 17.0. The van der Waals surface area contributed by atoms with Crippen LogP contribution in [0.1, 0.15) is 28.2 Å². The van der Waals surface area contributed by atoms with Crippen LogP contribution in [0, 0.1) is 0 Å². The molecule has 3 aromatic rings. The van der Waals surface area contributed by atoms with Gasteiger partial charge in [0, 0.05) is 7.05 Å². The van der Waals surface area contributed by atoms with Gasteiger partial charge < -0.3 is 4.74 Å². The molecule has 0 radical (unpaired) electrons. The number of carbonyl (C=O) groups is 1. The van der Waals surface area contributed by atoms with Gasteiger partial charge in [-0.15, -0.1) is 0 Å². The average molecular weight is 463 g/mol. The topological polar surface area (TPSA) is 38.7 Å². The number of rotatable bonds is 2. The largest absolute Gasteiger partial charge is 0.438 e. The first kappa shape index (κ1) is 22.6. The van der Waals surface area contributed by atoms with Crippen LogP contribution in [0.2, 0.25) is 0 Å². The van der Waals surface area contributed by atoms with Crippen molar-refractivity contribution in [2.75, 3.05) is 7.05 Å². The monoisotopic (exact) mass is 463 g/mol. The number of halogens is 6. The molecule has 0 spiro atoms. The Hall–Kier alpha value is -3.62. The second-order valence-corrected chi connectivity index (χ2v) is 7.37. The third kappa shape index (κ3) is 4.35. The number of ether oxygens (including phenoxy) is 1. The highest BCUT2D eigenvalue weighted by Gasteiger charge is 2.40. The molecule has 1 unspecified atom stereocenters. The average Bonchev–Trinajstić information content (AvgIpc) is 3.07. The van der Waals surface area contributed by atoms with Gasteiger partial charge in [0.25, 0.3) is 0 Å². The molecule has 170 valence electrons. The first-order valence-electron chi connectivity index (χ1n) is 9.66. The highest BCUT2D eigenvalue weighted by molar-refractivity contribution is 6.21. The molecule has 0 saturated carbocycles. The van der Waals surface area contributed by atoms with Gasteiger partial charge in [0.1, 0.15) is 5.92 Å². The highest BCUT2D eigenvalue weighted by atomic mass is 19.4. The van der Waals surface area contributed by atoms with Crippen molar-refractivity contribution in [2.45, 2.75) is 18.3 Å². The van der Waals surface area contributed by atoms with E-state index in [-0.39, 0.29) is 22.6 Å². The summed E-state index contributed by atoms with van der Waals surface area (Å²) in [6.07, 6.45) is -7.87. The Bertz CT molecular complexity index is 1300. The predicted molar refractivity (Wildman–Crippen MR) is 111 cm³/mol. The Morgan fingerprint density at radius 2 is 1.55 bits per heavy atom. The second-order valence-electron chi connectivity index (χ2n) is 7.37. The predicted octanol–water partition coefficient (Wildman–Crippen LogP) is 6.63. The second kappa shape index (κ2) is 8.06. The van der Waals surface area contributed by atoms with Crippen molar-refractivity contribution in [3.63, 3.8) is 0 Å². The molecule has 9 heteroatoms. The van der Waals surface area contributed by atoms with Gasteiger partial charge in [0.2, 0.25) is 11.7 Å². The van der Waals surface area contributed by atoms with Crippen molar-refractivity contribution in [2.24, 2.45) is 4.99 Å². The van der Waals surface area contributed by atoms with Gasteiger partial charge in [0.05, 0.1) is 11.1 Å². The van der Waals surface area contributed by atoms with Gasteiger partial charge in [-0.05, 0) is 46.2 Å². The molecule has 1 heterocycles. The van der Waals surface area contributed by atoms with Crippen molar-refractivity contribution in [3.05, 3.63) is 88.7 Å². The minimum Gasteiger partial charge on any atom is -0.438 e. The molecule has 0 aromatic heterocycles. The fourth-order valence-corrected chi connectivity index (χ4v) is 3.68. The van der Waals surface area contributed by atoms with Gasteiger partial charge >= 0.3 is 12.4 Å². The fraction of sp³-hybridized carbons (Fsp3) is 0.167. The van der Waals surface area contributed by atoms with Gasteiger partial charge in [-0.1, -0.05) is 42.5 Å². The van der Waals surface area contributed by atoms with Gasteiger partial charge in [-0.2, -0.15) is 26.3 Å². The normalized spacial score (nSPS) is 19.5. The Labute approximate surface area is 184 Å². The minimum absolute atomic E-state index is 0.0519. The summed E-state index contributed by atoms with van der Waals surface area (Å²) in [5.74, 6) is -2.15. The van der Waals surface area contributed by atoms with Crippen LogP contribution in [0.5, 0.6) is 0 Å². The molecular formula is C24H15F6NO2. The molecule has 3 aromatic carbocycles. The lowest BCUT2D eigenvalue weighted by atomic mass is 9.93. The Morgan fingerprint density at radius 1 is 0.879 bits per heavy atom. The van der Waals surface area contributed by atoms with E-state index in [4.69, 9.17) is 4.74 Å². The van der Waals surface area contributed by atoms with E-state index in [2.05, 4.69) is 4.99 Å². The summed E-state index contributed by atoms with van der Waals surface area (Å²) in [6.45, 7) is 0. The molecule has 4 rings (SSSR count). The summed E-state index contributed by atoms with van der Waals surface area (Å²) in [5, 5.41) is 0.760. The standard InChI is InChI=1S/C24H15F6NO2/c1-31-22-20(15-6-3-7-16(10-15)23(25,26)27)21(32)19(33-22)11-14-5-2-4-13-8-9-17(12-18(13)14)24(28,29)30/h2-12,20H,1H3. The molecule has 0 bridgehead atoms. The lowest BCUT2D eigenvalue weighted by Gasteiger charge is -2.11. The first-order chi connectivity index (χ1) is 15.5. The van der Waals surface area contributed by atoms with Crippen molar-refractivity contribution < 1.29 is 35.9 Å². The summed E-state index contributed by atoms with van der Waals surface area (Å²) >= 11 is 0. The van der Waals surface area contributed by atoms with E-state index in [0.717, 1.165) is 24.3 Å². The number of hydrogen-bond acceptors (Lipinski definition) is 3. The lowest BCUT2D eigenvalue weighted by Crippen LogP contribution is -2.14. The summed E-state index contributed by atoms with van der Waals surface area (Å²) < 4.78 is 84.4. The van der Waals surface area contributed by atoms with E-state index in [1.54, 1.807) is 12.1 Å². The van der Waals surface area contributed by atoms with Gasteiger partial charge in [-0.25, -0.2) is 0 Å². The summed E-state index contributed by atoms with van der Waals surface area (Å²) in [5.41, 5.74) is -1.43. The van der Waals surface area contributed by atoms with E-state index in [1.807, 2.05) is 0 Å². The molecule has 0 N–H and O–H groups in total. The molecule has 1 aliphatic heterocycles. The number of allylic oxidation sites excluding steroid dienone is 1. The highest BCUT2D eigenvalue weighted by Crippen LogP contribution is 2.37. The van der Waals surface area contributed by atoms with E-state index in [9.17, 15) is 31.1 Å². The Kier molecular flexibility index (Phi) is 5.51. The summed E-state index contributed by atoms with van der Waals surface area (Å²) in [4.78, 5) is 17.0. The molecule has 3 nitrogen and oxygen atoms in total. The van der Waals surface area contributed by atoms with Crippen LogP contribution < -0.4 is 0 Å². The van der Waals surface area contributed by atoms with Crippen LogP contribution in [0.25, 0.3) is 16.8 Å². The van der Waals surface area contributed by atoms with Crippen molar-refractivity contribution in [1.29, 1.82) is 0 Å². The van der Waals surface area contributed by atoms with Crippen LogP contribution in [0.3, 0.4) is 0 Å². The molecule has 1 atom stereocenters. The molecule has 1 saturated heterocycles. The molecule has 0 aliphatic carbocycles. The maximum absolute atomic E-state index is 13.2. The maximum Gasteiger partial charge on any atom is 0.416 e. The molecule has 1 fully saturated rings. The van der Waals surface area contributed by atoms with Crippen LogP contribution in [-0.4, -0.2) is 18.7 Å². The summed E-state index contributed by atoms with van der Waals surface area (Å²) in [6, 6.07) is 12.3. The molecule has 33 heavy (non-hydrogen) atoms. The number of nitrogens with zero attached hydrogens (tertiary/aromatic N) is 1. The zero-order chi connectivity index (χ0) is 24.0. The first-order valence-corrected chi connectivity index (χ1v) is 9.66. The third-order valence-electron chi connectivity index (χ3n) is 5.26. The number of ketones is 1. The SMILES string of the molecule is CN=C1OC(=Cc2cccc3ccc(C(F)(F)F)cc23)C(=O)C1c1cccc(C(F)(F)F)c1. The van der Waals surface area contributed by atoms with Gasteiger partial charge in [-0.3, -0.25) is 9.79 Å². The lowest BCUT2D eigenvalue weighted by molar-refractivity contribution is -0.138. The van der Waals surface area contributed by atoms with Crippen LogP contribution >= 0.6 is 0 Å². The third-order valence-corrected chi connectivity index (χ3v) is 5.26. The van der Waals surface area contributed by atoms with Crippen LogP contribution in [0.15, 0.2) is 71.4 Å². The summed E-state index contributed by atoms with van der Waals surface area (Å²) in [7, 11) is 1.33. The van der Waals surface area contributed by atoms with E-state index >= 15 is 0 Å². The molecular weight excluding hydrogens is 448 g/mol. The number of fused-ring (bicyclic) bond motifs is 1. The number of benzene rings is 3. The molecule has 0 amide bonds. The Morgan fingerprint density at radius 3 is 2.21 bits per heavy atom. The number of aliphatic imine (C=N–C) groups is 1. The van der Waals surface area contributed by atoms with E-state index in [0.29, 0.717) is 10.9 Å². The van der Waals surface area contributed by atoms with Gasteiger partial charge in [0.15, 0.2) is 5.76 Å². The smallest absolute Gasteiger partial charge is 0.416 e. The number of Topliss-reactive ketones (excluding diaryl/α,β-unsaturated/α-hetero) is 1.